The molecule has 23 heteroatoms. The number of hydrogen-bond acceptors (Lipinski definition) is 14. The van der Waals surface area contributed by atoms with Crippen molar-refractivity contribution in [1.29, 1.82) is 0 Å². The Morgan fingerprint density at radius 1 is 0.627 bits per heavy atom. The van der Waals surface area contributed by atoms with Crippen LogP contribution in [-0.4, -0.2) is 75.0 Å². The van der Waals surface area contributed by atoms with E-state index in [1.165, 1.54) is 12.7 Å². The number of rotatable bonds is 6. The number of nitrogens with zero attached hydrogens (tertiary/aromatic N) is 8. The molecule has 4 fully saturated rings. The zero-order chi connectivity index (χ0) is 53.5. The van der Waals surface area contributed by atoms with Crippen molar-refractivity contribution in [3.63, 3.8) is 0 Å². The number of anilines is 4. The van der Waals surface area contributed by atoms with Crippen LogP contribution < -0.4 is 22.9 Å². The van der Waals surface area contributed by atoms with Crippen LogP contribution in [0.25, 0.3) is 43.9 Å². The molecule has 2 saturated carbocycles. The zero-order valence-corrected chi connectivity index (χ0v) is 42.6. The van der Waals surface area contributed by atoms with Crippen molar-refractivity contribution < 1.29 is 45.3 Å². The van der Waals surface area contributed by atoms with Crippen molar-refractivity contribution in [1.82, 2.24) is 39.0 Å². The average molecular weight is 1100 g/mol. The molecule has 0 bridgehead atoms. The summed E-state index contributed by atoms with van der Waals surface area (Å²) >= 11 is 3.21. The van der Waals surface area contributed by atoms with Crippen molar-refractivity contribution in [2.24, 2.45) is 11.8 Å². The Bertz CT molecular complexity index is 3480. The molecule has 6 aromatic heterocycles. The van der Waals surface area contributed by atoms with Gasteiger partial charge >= 0.3 is 12.4 Å². The van der Waals surface area contributed by atoms with Gasteiger partial charge in [0.05, 0.1) is 57.2 Å². The summed E-state index contributed by atoms with van der Waals surface area (Å²) in [6.07, 6.45) is 2.96. The lowest BCUT2D eigenvalue weighted by Crippen LogP contribution is -2.27. The SMILES string of the molecule is C=C[C@H]1C[C@@H](n2ccc3c(N)ncnc32)[C@@H]2OC(C)(C)O[C@@H]21.CC1(C)O[C@@H]2[C@@H](CCc3ccc4cc(C(F)(F)F)c(N)nc4c3)C[C@@H](n3ccc4c(N)ncnc43)[C@@H]2O1.Nc1nc2cc(Br)ccc2cc1C(F)(F)F. The summed E-state index contributed by atoms with van der Waals surface area (Å²) in [6.45, 7) is 11.7. The van der Waals surface area contributed by atoms with E-state index in [4.69, 9.17) is 41.9 Å². The molecule has 2 saturated heterocycles. The molecule has 8 atom stereocenters. The van der Waals surface area contributed by atoms with Crippen LogP contribution in [0.3, 0.4) is 0 Å². The number of hydrogen-bond donors (Lipinski definition) is 4. The first-order chi connectivity index (χ1) is 35.4. The van der Waals surface area contributed by atoms with Crippen LogP contribution in [-0.2, 0) is 37.7 Å². The van der Waals surface area contributed by atoms with Crippen LogP contribution in [0.4, 0.5) is 49.6 Å². The maximum Gasteiger partial charge on any atom is 0.419 e. The topological polar surface area (TPSA) is 228 Å². The van der Waals surface area contributed by atoms with Crippen molar-refractivity contribution in [2.45, 2.75) is 114 Å². The number of pyridine rings is 2. The predicted octanol–water partition coefficient (Wildman–Crippen LogP) is 10.8. The number of ether oxygens (including phenoxy) is 4. The number of alkyl halides is 6. The van der Waals surface area contributed by atoms with Gasteiger partial charge in [0, 0.05) is 33.6 Å². The number of benzene rings is 2. The highest BCUT2D eigenvalue weighted by Gasteiger charge is 2.55. The van der Waals surface area contributed by atoms with Crippen molar-refractivity contribution in [2.75, 3.05) is 22.9 Å². The second-order valence-electron chi connectivity index (χ2n) is 20.1. The minimum absolute atomic E-state index is 0.00945. The molecule has 8 N–H and O–H groups in total. The van der Waals surface area contributed by atoms with Crippen LogP contribution >= 0.6 is 15.9 Å². The van der Waals surface area contributed by atoms with Crippen LogP contribution in [0.5, 0.6) is 0 Å². The average Bonchev–Trinajstić information content (AvgIpc) is 4.22. The van der Waals surface area contributed by atoms with Gasteiger partial charge in [-0.15, -0.1) is 6.58 Å². The van der Waals surface area contributed by atoms with Gasteiger partial charge in [-0.05, 0) is 107 Å². The summed E-state index contributed by atoms with van der Waals surface area (Å²) in [4.78, 5) is 24.7. The first-order valence-corrected chi connectivity index (χ1v) is 24.8. The summed E-state index contributed by atoms with van der Waals surface area (Å²) in [6, 6.07) is 16.3. The largest absolute Gasteiger partial charge is 0.419 e. The summed E-state index contributed by atoms with van der Waals surface area (Å²) in [5.74, 6) is -0.869. The fourth-order valence-corrected chi connectivity index (χ4v) is 11.3. The Morgan fingerprint density at radius 2 is 1.11 bits per heavy atom. The molecule has 4 aliphatic rings. The van der Waals surface area contributed by atoms with E-state index in [1.54, 1.807) is 24.3 Å². The monoisotopic (exact) mass is 1100 g/mol. The van der Waals surface area contributed by atoms with Crippen molar-refractivity contribution in [3.05, 3.63) is 120 Å². The lowest BCUT2D eigenvalue weighted by Gasteiger charge is -2.24. The van der Waals surface area contributed by atoms with E-state index < -0.39 is 46.7 Å². The normalized spacial score (nSPS) is 24.7. The van der Waals surface area contributed by atoms with E-state index in [0.29, 0.717) is 39.9 Å². The minimum Gasteiger partial charge on any atom is -0.383 e. The van der Waals surface area contributed by atoms with Crippen molar-refractivity contribution >= 4 is 83.1 Å². The van der Waals surface area contributed by atoms with Crippen LogP contribution in [0.1, 0.15) is 75.7 Å². The van der Waals surface area contributed by atoms with Gasteiger partial charge in [-0.2, -0.15) is 26.3 Å². The molecule has 16 nitrogen and oxygen atoms in total. The Morgan fingerprint density at radius 3 is 1.64 bits per heavy atom. The quantitative estimate of drug-likeness (QED) is 0.0897. The van der Waals surface area contributed by atoms with Gasteiger partial charge < -0.3 is 51.0 Å². The number of nitrogens with two attached hydrogens (primary N) is 4. The highest BCUT2D eigenvalue weighted by molar-refractivity contribution is 9.10. The first kappa shape index (κ1) is 51.8. The van der Waals surface area contributed by atoms with Gasteiger partial charge in [0.25, 0.3) is 0 Å². The summed E-state index contributed by atoms with van der Waals surface area (Å²) in [7, 11) is 0. The molecule has 2 aromatic carbocycles. The number of halogens is 7. The molecule has 2 aliphatic heterocycles. The summed E-state index contributed by atoms with van der Waals surface area (Å²) in [5, 5.41) is 2.49. The van der Waals surface area contributed by atoms with Crippen LogP contribution in [0.2, 0.25) is 0 Å². The lowest BCUT2D eigenvalue weighted by molar-refractivity contribution is -0.160. The maximum atomic E-state index is 13.2. The predicted molar refractivity (Wildman–Crippen MR) is 274 cm³/mol. The molecule has 75 heavy (non-hydrogen) atoms. The summed E-state index contributed by atoms with van der Waals surface area (Å²) < 4.78 is 107. The smallest absolute Gasteiger partial charge is 0.383 e. The van der Waals surface area contributed by atoms with E-state index in [0.717, 1.165) is 63.5 Å². The molecular formula is C52H53BrF6N12O4. The van der Waals surface area contributed by atoms with E-state index in [1.807, 2.05) is 70.4 Å². The molecule has 8 heterocycles. The van der Waals surface area contributed by atoms with E-state index in [9.17, 15) is 26.3 Å². The number of aryl methyl sites for hydroxylation is 1. The molecule has 8 aromatic rings. The molecule has 0 radical (unpaired) electrons. The zero-order valence-electron chi connectivity index (χ0n) is 41.0. The second kappa shape index (κ2) is 19.2. The minimum atomic E-state index is -4.54. The molecule has 0 spiro atoms. The van der Waals surface area contributed by atoms with E-state index in [-0.39, 0.29) is 48.3 Å². The molecule has 394 valence electrons. The molecule has 12 rings (SSSR count). The Kier molecular flexibility index (Phi) is 13.2. The third-order valence-corrected chi connectivity index (χ3v) is 14.8. The molecule has 2 aliphatic carbocycles. The van der Waals surface area contributed by atoms with Gasteiger partial charge in [0.1, 0.15) is 59.4 Å². The third-order valence-electron chi connectivity index (χ3n) is 14.3. The summed E-state index contributed by atoms with van der Waals surface area (Å²) in [5.41, 5.74) is 24.5. The highest BCUT2D eigenvalue weighted by Crippen LogP contribution is 2.50. The highest BCUT2D eigenvalue weighted by atomic mass is 79.9. The standard InChI is InChI=1S/C26H27F3N6O2.C16H20N4O2.C10H6BrF3N2/c1-25(2)36-20-15(11-19(21(20)37-25)35-8-7-16-22(30)32-12-33-24(16)35)6-4-13-3-5-14-10-17(26(27,28)29)23(31)34-18(14)9-13;1-4-9-7-11(13-12(9)21-16(2,3)22-13)20-6-5-10-14(17)18-8-19-15(10)20;11-6-2-1-5-3-7(10(12,13)14)9(15)16-8(5)4-6/h3,5,7-10,12,15,19-21H,4,6,11H2,1-2H3,(H2,31,34)(H2,30,32,33);4-6,8-9,11-13H,1,7H2,2-3H3,(H2,17,18,19);1-4H,(H2,15,16)/t15-,19+,20+,21-;9-,11+,12+,13-;/m00./s1. The lowest BCUT2D eigenvalue weighted by atomic mass is 9.95. The molecular weight excluding hydrogens is 1050 g/mol. The Labute approximate surface area is 433 Å². The Balaban J connectivity index is 0.000000142. The van der Waals surface area contributed by atoms with Gasteiger partial charge in [0.15, 0.2) is 11.6 Å². The fraction of sp³-hybridized carbons (Fsp3) is 0.385. The van der Waals surface area contributed by atoms with Gasteiger partial charge in [-0.3, -0.25) is 0 Å². The van der Waals surface area contributed by atoms with Gasteiger partial charge in [0.2, 0.25) is 0 Å². The fourth-order valence-electron chi connectivity index (χ4n) is 11.0. The maximum absolute atomic E-state index is 13.2. The molecule has 0 unspecified atom stereocenters. The molecule has 0 amide bonds. The van der Waals surface area contributed by atoms with Gasteiger partial charge in [-0.1, -0.05) is 40.2 Å². The van der Waals surface area contributed by atoms with Crippen molar-refractivity contribution in [3.8, 4) is 0 Å². The van der Waals surface area contributed by atoms with Crippen LogP contribution in [0.15, 0.2) is 103 Å². The number of fused-ring (bicyclic) bond motifs is 6. The van der Waals surface area contributed by atoms with Crippen LogP contribution in [0, 0.1) is 11.8 Å². The van der Waals surface area contributed by atoms with E-state index >= 15 is 0 Å². The second-order valence-corrected chi connectivity index (χ2v) is 21.0. The Hall–Kier alpha value is -6.66. The number of nitrogen functional groups attached to an aromatic ring is 4. The van der Waals surface area contributed by atoms with Gasteiger partial charge in [-0.25, -0.2) is 29.9 Å². The third kappa shape index (κ3) is 10.1. The number of aromatic nitrogens is 8. The first-order valence-electron chi connectivity index (χ1n) is 24.0. The van der Waals surface area contributed by atoms with E-state index in [2.05, 4.69) is 61.5 Å².